The van der Waals surface area contributed by atoms with Crippen LogP contribution >= 0.6 is 0 Å². The van der Waals surface area contributed by atoms with Gasteiger partial charge in [0.2, 0.25) is 0 Å². The second kappa shape index (κ2) is 5.06. The van der Waals surface area contributed by atoms with E-state index in [1.54, 1.807) is 0 Å². The third kappa shape index (κ3) is 2.03. The first-order chi connectivity index (χ1) is 9.13. The first kappa shape index (κ1) is 13.0. The second-order valence-electron chi connectivity index (χ2n) is 4.23. The van der Waals surface area contributed by atoms with Crippen molar-refractivity contribution in [1.82, 2.24) is 14.6 Å². The number of nitriles is 1. The summed E-state index contributed by atoms with van der Waals surface area (Å²) >= 11 is 0. The van der Waals surface area contributed by atoms with E-state index in [0.717, 1.165) is 0 Å². The zero-order valence-electron chi connectivity index (χ0n) is 10.9. The molecule has 2 aromatic heterocycles. The van der Waals surface area contributed by atoms with Crippen LogP contribution in [0.15, 0.2) is 11.0 Å². The molecule has 2 rings (SSSR count). The van der Waals surface area contributed by atoms with Crippen LogP contribution in [0.1, 0.15) is 48.3 Å². The van der Waals surface area contributed by atoms with Gasteiger partial charge in [0, 0.05) is 18.2 Å². The standard InChI is InChI=1S/C13H14N4O2/c1-3-5-10(18)11-9(4-2)13(19)17-12(16-11)8(6-14)7-15-17/h7,15H,3-5H2,1-2H3. The number of hydrogen-bond donors (Lipinski definition) is 1. The van der Waals surface area contributed by atoms with Gasteiger partial charge in [-0.15, -0.1) is 0 Å². The third-order valence-electron chi connectivity index (χ3n) is 2.97. The molecule has 0 fully saturated rings. The van der Waals surface area contributed by atoms with E-state index < -0.39 is 0 Å². The molecule has 0 aliphatic heterocycles. The van der Waals surface area contributed by atoms with Gasteiger partial charge < -0.3 is 0 Å². The number of H-pyrrole nitrogens is 1. The molecule has 0 aliphatic carbocycles. The van der Waals surface area contributed by atoms with Crippen molar-refractivity contribution in [3.8, 4) is 6.07 Å². The monoisotopic (exact) mass is 258 g/mol. The van der Waals surface area contributed by atoms with Crippen molar-refractivity contribution in [2.45, 2.75) is 33.1 Å². The fraction of sp³-hybridized carbons (Fsp3) is 0.385. The summed E-state index contributed by atoms with van der Waals surface area (Å²) in [4.78, 5) is 28.5. The minimum absolute atomic E-state index is 0.149. The summed E-state index contributed by atoms with van der Waals surface area (Å²) in [6.45, 7) is 3.70. The van der Waals surface area contributed by atoms with Gasteiger partial charge in [0.15, 0.2) is 11.4 Å². The maximum Gasteiger partial charge on any atom is 0.276 e. The van der Waals surface area contributed by atoms with Gasteiger partial charge in [0.05, 0.1) is 0 Å². The SMILES string of the molecule is CCCC(=O)c1nc2c(C#N)c[nH]n2c(=O)c1CC. The molecule has 0 saturated carbocycles. The summed E-state index contributed by atoms with van der Waals surface area (Å²) in [6.07, 6.45) is 2.89. The van der Waals surface area contributed by atoms with E-state index in [1.807, 2.05) is 19.9 Å². The highest BCUT2D eigenvalue weighted by atomic mass is 16.1. The van der Waals surface area contributed by atoms with Crippen LogP contribution in [-0.2, 0) is 6.42 Å². The number of hydrogen-bond acceptors (Lipinski definition) is 4. The Morgan fingerprint density at radius 3 is 2.84 bits per heavy atom. The van der Waals surface area contributed by atoms with Crippen LogP contribution < -0.4 is 5.56 Å². The van der Waals surface area contributed by atoms with Crippen molar-refractivity contribution < 1.29 is 4.79 Å². The van der Waals surface area contributed by atoms with E-state index >= 15 is 0 Å². The molecule has 1 N–H and O–H groups in total. The molecule has 0 saturated heterocycles. The molecule has 0 spiro atoms. The highest BCUT2D eigenvalue weighted by molar-refractivity contribution is 5.96. The predicted octanol–water partition coefficient (Wildman–Crippen LogP) is 1.44. The number of fused-ring (bicyclic) bond motifs is 1. The van der Waals surface area contributed by atoms with Crippen LogP contribution in [0.4, 0.5) is 0 Å². The Bertz CT molecular complexity index is 733. The lowest BCUT2D eigenvalue weighted by molar-refractivity contribution is 0.0976. The number of aromatic nitrogens is 3. The molecule has 6 heteroatoms. The third-order valence-corrected chi connectivity index (χ3v) is 2.97. The Morgan fingerprint density at radius 1 is 1.53 bits per heavy atom. The van der Waals surface area contributed by atoms with E-state index in [1.165, 1.54) is 10.7 Å². The lowest BCUT2D eigenvalue weighted by Crippen LogP contribution is -2.24. The molecule has 19 heavy (non-hydrogen) atoms. The number of aromatic amines is 1. The second-order valence-corrected chi connectivity index (χ2v) is 4.23. The van der Waals surface area contributed by atoms with Crippen molar-refractivity contribution in [2.24, 2.45) is 0 Å². The van der Waals surface area contributed by atoms with Crippen LogP contribution in [0, 0.1) is 11.3 Å². The van der Waals surface area contributed by atoms with E-state index in [-0.39, 0.29) is 28.2 Å². The topological polar surface area (TPSA) is 91.0 Å². The summed E-state index contributed by atoms with van der Waals surface area (Å²) in [6, 6.07) is 1.95. The van der Waals surface area contributed by atoms with Crippen molar-refractivity contribution in [3.63, 3.8) is 0 Å². The van der Waals surface area contributed by atoms with Gasteiger partial charge in [-0.2, -0.15) is 5.26 Å². The Labute approximate surface area is 109 Å². The first-order valence-corrected chi connectivity index (χ1v) is 6.20. The molecule has 0 unspecified atom stereocenters. The maximum atomic E-state index is 12.2. The first-order valence-electron chi connectivity index (χ1n) is 6.20. The van der Waals surface area contributed by atoms with Gasteiger partial charge in [-0.05, 0) is 12.8 Å². The molecular formula is C13H14N4O2. The van der Waals surface area contributed by atoms with Crippen molar-refractivity contribution in [2.75, 3.05) is 0 Å². The number of nitrogens with one attached hydrogen (secondary N) is 1. The molecule has 2 heterocycles. The maximum absolute atomic E-state index is 12.2. The molecule has 6 nitrogen and oxygen atoms in total. The van der Waals surface area contributed by atoms with Crippen LogP contribution in [0.25, 0.3) is 5.65 Å². The molecule has 2 aromatic rings. The average molecular weight is 258 g/mol. The summed E-state index contributed by atoms with van der Waals surface area (Å²) in [7, 11) is 0. The Morgan fingerprint density at radius 2 is 2.26 bits per heavy atom. The Kier molecular flexibility index (Phi) is 3.47. The largest absolute Gasteiger partial charge is 0.295 e. The normalized spacial score (nSPS) is 10.6. The molecule has 0 amide bonds. The highest BCUT2D eigenvalue weighted by Gasteiger charge is 2.19. The van der Waals surface area contributed by atoms with Gasteiger partial charge in [-0.3, -0.25) is 14.7 Å². The molecular weight excluding hydrogens is 244 g/mol. The number of rotatable bonds is 4. The molecule has 0 bridgehead atoms. The predicted molar refractivity (Wildman–Crippen MR) is 69.1 cm³/mol. The number of carbonyl (C=O) groups excluding carboxylic acids is 1. The number of nitrogens with zero attached hydrogens (tertiary/aromatic N) is 3. The van der Waals surface area contributed by atoms with E-state index in [9.17, 15) is 9.59 Å². The highest BCUT2D eigenvalue weighted by Crippen LogP contribution is 2.11. The molecule has 0 aliphatic rings. The summed E-state index contributed by atoms with van der Waals surface area (Å²) in [5.74, 6) is -0.149. The van der Waals surface area contributed by atoms with Gasteiger partial charge in [-0.25, -0.2) is 9.50 Å². The fourth-order valence-electron chi connectivity index (χ4n) is 2.03. The zero-order valence-corrected chi connectivity index (χ0v) is 10.9. The van der Waals surface area contributed by atoms with E-state index in [2.05, 4.69) is 10.1 Å². The fourth-order valence-corrected chi connectivity index (χ4v) is 2.03. The quantitative estimate of drug-likeness (QED) is 0.840. The van der Waals surface area contributed by atoms with E-state index in [0.29, 0.717) is 24.8 Å². The smallest absolute Gasteiger partial charge is 0.276 e. The van der Waals surface area contributed by atoms with Gasteiger partial charge >= 0.3 is 0 Å². The summed E-state index contributed by atoms with van der Waals surface area (Å²) in [5, 5.41) is 11.7. The summed E-state index contributed by atoms with van der Waals surface area (Å²) in [5.41, 5.74) is 0.746. The van der Waals surface area contributed by atoms with Crippen molar-refractivity contribution >= 4 is 11.4 Å². The van der Waals surface area contributed by atoms with Crippen LogP contribution in [0.3, 0.4) is 0 Å². The minimum Gasteiger partial charge on any atom is -0.295 e. The summed E-state index contributed by atoms with van der Waals surface area (Å²) < 4.78 is 1.21. The van der Waals surface area contributed by atoms with Crippen LogP contribution in [0.2, 0.25) is 0 Å². The van der Waals surface area contributed by atoms with Crippen LogP contribution in [0.5, 0.6) is 0 Å². The van der Waals surface area contributed by atoms with Gasteiger partial charge in [-0.1, -0.05) is 13.8 Å². The van der Waals surface area contributed by atoms with Crippen molar-refractivity contribution in [1.29, 1.82) is 5.26 Å². The molecule has 0 aromatic carbocycles. The number of Topliss-reactive ketones (excluding diaryl/α,β-unsaturated/α-hetero) is 1. The average Bonchev–Trinajstić information content (AvgIpc) is 2.82. The lowest BCUT2D eigenvalue weighted by Gasteiger charge is -2.05. The van der Waals surface area contributed by atoms with Crippen LogP contribution in [-0.4, -0.2) is 20.4 Å². The molecule has 0 radical (unpaired) electrons. The zero-order chi connectivity index (χ0) is 14.0. The lowest BCUT2D eigenvalue weighted by atomic mass is 10.1. The minimum atomic E-state index is -0.312. The number of ketones is 1. The Hall–Kier alpha value is -2.42. The number of carbonyl (C=O) groups is 1. The van der Waals surface area contributed by atoms with E-state index in [4.69, 9.17) is 5.26 Å². The molecule has 98 valence electrons. The van der Waals surface area contributed by atoms with Gasteiger partial charge in [0.25, 0.3) is 5.56 Å². The molecule has 0 atom stereocenters. The van der Waals surface area contributed by atoms with Gasteiger partial charge in [0.1, 0.15) is 17.3 Å². The Balaban J connectivity index is 2.79. The van der Waals surface area contributed by atoms with Crippen molar-refractivity contribution in [3.05, 3.63) is 33.4 Å².